The van der Waals surface area contributed by atoms with Crippen molar-refractivity contribution in [1.82, 2.24) is 15.6 Å². The summed E-state index contributed by atoms with van der Waals surface area (Å²) in [7, 11) is 0. The molecule has 3 unspecified atom stereocenters. The maximum Gasteiger partial charge on any atom is 0.237 e. The van der Waals surface area contributed by atoms with Crippen LogP contribution in [0.1, 0.15) is 49.7 Å². The van der Waals surface area contributed by atoms with Crippen molar-refractivity contribution in [3.8, 4) is 0 Å². The average Bonchev–Trinajstić information content (AvgIpc) is 2.53. The van der Waals surface area contributed by atoms with Crippen molar-refractivity contribution < 1.29 is 4.79 Å². The third-order valence-electron chi connectivity index (χ3n) is 5.06. The summed E-state index contributed by atoms with van der Waals surface area (Å²) in [5, 5.41) is 6.66. The second-order valence-corrected chi connectivity index (χ2v) is 6.47. The van der Waals surface area contributed by atoms with E-state index in [1.165, 1.54) is 32.1 Å². The fourth-order valence-corrected chi connectivity index (χ4v) is 3.71. The van der Waals surface area contributed by atoms with Gasteiger partial charge in [-0.3, -0.25) is 9.78 Å². The number of amides is 1. The molecule has 3 atom stereocenters. The number of carbonyl (C=O) groups is 1. The number of rotatable bonds is 3. The molecule has 0 bridgehead atoms. The van der Waals surface area contributed by atoms with E-state index in [4.69, 9.17) is 0 Å². The van der Waals surface area contributed by atoms with Gasteiger partial charge >= 0.3 is 0 Å². The zero-order valence-electron chi connectivity index (χ0n) is 12.8. The van der Waals surface area contributed by atoms with Crippen LogP contribution in [0.4, 0.5) is 0 Å². The lowest BCUT2D eigenvalue weighted by Crippen LogP contribution is -2.54. The molecule has 1 aromatic rings. The summed E-state index contributed by atoms with van der Waals surface area (Å²) in [6.07, 6.45) is 11.0. The lowest BCUT2D eigenvalue weighted by Gasteiger charge is -2.39. The second kappa shape index (κ2) is 6.56. The number of hydrogen-bond donors (Lipinski definition) is 2. The van der Waals surface area contributed by atoms with E-state index < -0.39 is 0 Å². The second-order valence-electron chi connectivity index (χ2n) is 6.47. The number of nitrogens with one attached hydrogen (secondary N) is 2. The molecule has 2 N–H and O–H groups in total. The summed E-state index contributed by atoms with van der Waals surface area (Å²) >= 11 is 0. The Bertz CT molecular complexity index is 503. The highest BCUT2D eigenvalue weighted by molar-refractivity contribution is 5.81. The largest absolute Gasteiger partial charge is 0.351 e. The van der Waals surface area contributed by atoms with Crippen LogP contribution in [0, 0.1) is 12.8 Å². The Kier molecular flexibility index (Phi) is 4.54. The first kappa shape index (κ1) is 14.5. The van der Waals surface area contributed by atoms with Gasteiger partial charge in [0.2, 0.25) is 5.91 Å². The van der Waals surface area contributed by atoms with Crippen LogP contribution in [0.5, 0.6) is 0 Å². The number of hydrogen-bond acceptors (Lipinski definition) is 3. The molecule has 114 valence electrons. The first-order valence-electron chi connectivity index (χ1n) is 8.17. The molecule has 1 aromatic heterocycles. The van der Waals surface area contributed by atoms with Crippen molar-refractivity contribution in [2.45, 2.75) is 64.1 Å². The summed E-state index contributed by atoms with van der Waals surface area (Å²) < 4.78 is 0. The van der Waals surface area contributed by atoms with Gasteiger partial charge in [-0.1, -0.05) is 12.8 Å². The zero-order valence-corrected chi connectivity index (χ0v) is 12.8. The number of carbonyl (C=O) groups excluding carboxylic acids is 1. The van der Waals surface area contributed by atoms with Crippen LogP contribution in [0.2, 0.25) is 0 Å². The molecule has 0 spiro atoms. The first-order chi connectivity index (χ1) is 10.2. The standard InChI is InChI=1S/C17H25N3O/c1-12-10-18-9-8-14(12)11-19-17(21)16-7-6-13-4-2-3-5-15(13)20-16/h8-10,13,15-16,20H,2-7,11H2,1H3,(H,19,21). The van der Waals surface area contributed by atoms with Crippen molar-refractivity contribution >= 4 is 5.91 Å². The van der Waals surface area contributed by atoms with Crippen LogP contribution >= 0.6 is 0 Å². The van der Waals surface area contributed by atoms with Crippen molar-refractivity contribution in [3.05, 3.63) is 29.6 Å². The number of aryl methyl sites for hydroxylation is 1. The molecule has 1 aliphatic heterocycles. The van der Waals surface area contributed by atoms with E-state index in [0.717, 1.165) is 23.5 Å². The normalized spacial score (nSPS) is 28.7. The molecule has 1 saturated heterocycles. The molecule has 3 rings (SSSR count). The number of aromatic nitrogens is 1. The third-order valence-corrected chi connectivity index (χ3v) is 5.06. The Morgan fingerprint density at radius 3 is 3.05 bits per heavy atom. The molecule has 4 heteroatoms. The Balaban J connectivity index is 1.53. The maximum atomic E-state index is 12.4. The van der Waals surface area contributed by atoms with Crippen molar-refractivity contribution in [3.63, 3.8) is 0 Å². The molecule has 4 nitrogen and oxygen atoms in total. The summed E-state index contributed by atoms with van der Waals surface area (Å²) in [6, 6.07) is 2.53. The molecule has 0 aromatic carbocycles. The van der Waals surface area contributed by atoms with Crippen LogP contribution in [-0.2, 0) is 11.3 Å². The summed E-state index contributed by atoms with van der Waals surface area (Å²) in [5.74, 6) is 0.945. The number of pyridine rings is 1. The van der Waals surface area contributed by atoms with Crippen molar-refractivity contribution in [2.75, 3.05) is 0 Å². The fraction of sp³-hybridized carbons (Fsp3) is 0.647. The molecule has 2 fully saturated rings. The quantitative estimate of drug-likeness (QED) is 0.897. The van der Waals surface area contributed by atoms with E-state index >= 15 is 0 Å². The summed E-state index contributed by atoms with van der Waals surface area (Å²) in [4.78, 5) is 16.4. The summed E-state index contributed by atoms with van der Waals surface area (Å²) in [6.45, 7) is 2.62. The number of fused-ring (bicyclic) bond motifs is 1. The minimum absolute atomic E-state index is 0.00788. The van der Waals surface area contributed by atoms with E-state index in [1.54, 1.807) is 6.20 Å². The molecule has 21 heavy (non-hydrogen) atoms. The van der Waals surface area contributed by atoms with E-state index in [2.05, 4.69) is 15.6 Å². The van der Waals surface area contributed by atoms with Gasteiger partial charge < -0.3 is 10.6 Å². The van der Waals surface area contributed by atoms with Gasteiger partial charge in [-0.2, -0.15) is 0 Å². The van der Waals surface area contributed by atoms with E-state index in [9.17, 15) is 4.79 Å². The highest BCUT2D eigenvalue weighted by atomic mass is 16.2. The highest BCUT2D eigenvalue weighted by Gasteiger charge is 2.34. The first-order valence-corrected chi connectivity index (χ1v) is 8.17. The van der Waals surface area contributed by atoms with Gasteiger partial charge in [-0.05, 0) is 55.7 Å². The van der Waals surface area contributed by atoms with E-state index in [-0.39, 0.29) is 11.9 Å². The van der Waals surface area contributed by atoms with Gasteiger partial charge in [-0.15, -0.1) is 0 Å². The van der Waals surface area contributed by atoms with Gasteiger partial charge in [-0.25, -0.2) is 0 Å². The molecule has 1 aliphatic carbocycles. The fourth-order valence-electron chi connectivity index (χ4n) is 3.71. The Morgan fingerprint density at radius 1 is 1.33 bits per heavy atom. The highest BCUT2D eigenvalue weighted by Crippen LogP contribution is 2.32. The molecule has 1 amide bonds. The van der Waals surface area contributed by atoms with Crippen LogP contribution in [0.25, 0.3) is 0 Å². The van der Waals surface area contributed by atoms with Crippen LogP contribution in [0.3, 0.4) is 0 Å². The summed E-state index contributed by atoms with van der Waals surface area (Å²) in [5.41, 5.74) is 2.27. The van der Waals surface area contributed by atoms with E-state index in [0.29, 0.717) is 12.6 Å². The topological polar surface area (TPSA) is 54.0 Å². The van der Waals surface area contributed by atoms with Crippen LogP contribution < -0.4 is 10.6 Å². The lowest BCUT2D eigenvalue weighted by atomic mass is 9.77. The van der Waals surface area contributed by atoms with Gasteiger partial charge in [0.25, 0.3) is 0 Å². The molecule has 2 heterocycles. The SMILES string of the molecule is Cc1cnccc1CNC(=O)C1CCC2CCCCC2N1. The molecular formula is C17H25N3O. The van der Waals surface area contributed by atoms with Crippen LogP contribution in [-0.4, -0.2) is 23.0 Å². The molecule has 2 aliphatic rings. The van der Waals surface area contributed by atoms with Gasteiger partial charge in [0.1, 0.15) is 0 Å². The number of piperidine rings is 1. The molecule has 1 saturated carbocycles. The third kappa shape index (κ3) is 3.43. The predicted octanol–water partition coefficient (Wildman–Crippen LogP) is 2.32. The maximum absolute atomic E-state index is 12.4. The minimum Gasteiger partial charge on any atom is -0.351 e. The minimum atomic E-state index is -0.00788. The lowest BCUT2D eigenvalue weighted by molar-refractivity contribution is -0.124. The number of nitrogens with zero attached hydrogens (tertiary/aromatic N) is 1. The Hall–Kier alpha value is -1.42. The smallest absolute Gasteiger partial charge is 0.237 e. The monoisotopic (exact) mass is 287 g/mol. The van der Waals surface area contributed by atoms with Gasteiger partial charge in [0.15, 0.2) is 0 Å². The van der Waals surface area contributed by atoms with Crippen molar-refractivity contribution in [2.24, 2.45) is 5.92 Å². The zero-order chi connectivity index (χ0) is 14.7. The van der Waals surface area contributed by atoms with Gasteiger partial charge in [0, 0.05) is 25.0 Å². The van der Waals surface area contributed by atoms with Crippen LogP contribution in [0.15, 0.2) is 18.5 Å². The molecule has 0 radical (unpaired) electrons. The Morgan fingerprint density at radius 2 is 2.19 bits per heavy atom. The van der Waals surface area contributed by atoms with Gasteiger partial charge in [0.05, 0.1) is 6.04 Å². The Labute approximate surface area is 126 Å². The predicted molar refractivity (Wildman–Crippen MR) is 82.7 cm³/mol. The molecular weight excluding hydrogens is 262 g/mol. The van der Waals surface area contributed by atoms with E-state index in [1.807, 2.05) is 19.2 Å². The average molecular weight is 287 g/mol. The van der Waals surface area contributed by atoms with Crippen molar-refractivity contribution in [1.29, 1.82) is 0 Å².